The lowest BCUT2D eigenvalue weighted by Crippen LogP contribution is -2.00. The molecule has 94 valence electrons. The van der Waals surface area contributed by atoms with Crippen LogP contribution in [0.2, 0.25) is 0 Å². The van der Waals surface area contributed by atoms with Gasteiger partial charge in [-0.15, -0.1) is 11.3 Å². The number of rotatable bonds is 3. The zero-order valence-electron chi connectivity index (χ0n) is 10.5. The van der Waals surface area contributed by atoms with Gasteiger partial charge >= 0.3 is 0 Å². The molecule has 3 aromatic rings. The molecule has 0 atom stereocenters. The normalized spacial score (nSPS) is 10.7. The fraction of sp³-hybridized carbons (Fsp3) is 0.214. The van der Waals surface area contributed by atoms with Gasteiger partial charge in [0.05, 0.1) is 17.4 Å². The number of imidazole rings is 1. The summed E-state index contributed by atoms with van der Waals surface area (Å²) in [5, 5.41) is 10.8. The van der Waals surface area contributed by atoms with Crippen molar-refractivity contribution in [2.45, 2.75) is 19.9 Å². The van der Waals surface area contributed by atoms with Crippen molar-refractivity contribution >= 4 is 22.5 Å². The number of aryl methyl sites for hydroxylation is 2. The van der Waals surface area contributed by atoms with Crippen molar-refractivity contribution in [2.75, 3.05) is 0 Å². The molecule has 0 fully saturated rings. The van der Waals surface area contributed by atoms with Gasteiger partial charge in [-0.1, -0.05) is 6.07 Å². The van der Waals surface area contributed by atoms with Crippen molar-refractivity contribution < 1.29 is 0 Å². The second kappa shape index (κ2) is 4.82. The Morgan fingerprint density at radius 1 is 1.47 bits per heavy atom. The van der Waals surface area contributed by atoms with Gasteiger partial charge in [0, 0.05) is 12.7 Å². The van der Waals surface area contributed by atoms with Crippen LogP contribution in [0.4, 0.5) is 0 Å². The molecule has 0 radical (unpaired) electrons. The third-order valence-electron chi connectivity index (χ3n) is 2.91. The molecular formula is C14H12N4S. The van der Waals surface area contributed by atoms with Crippen molar-refractivity contribution in [1.29, 1.82) is 5.26 Å². The highest BCUT2D eigenvalue weighted by molar-refractivity contribution is 7.13. The Bertz CT molecular complexity index is 750. The molecule has 0 aromatic carbocycles. The van der Waals surface area contributed by atoms with Gasteiger partial charge < -0.3 is 4.57 Å². The minimum atomic E-state index is 0.458. The van der Waals surface area contributed by atoms with Crippen LogP contribution < -0.4 is 0 Å². The van der Waals surface area contributed by atoms with Crippen LogP contribution in [0, 0.1) is 18.3 Å². The van der Waals surface area contributed by atoms with Crippen LogP contribution in [0.1, 0.15) is 12.0 Å². The molecule has 0 unspecified atom stereocenters. The monoisotopic (exact) mass is 268 g/mol. The van der Waals surface area contributed by atoms with Crippen LogP contribution in [-0.4, -0.2) is 14.5 Å². The van der Waals surface area contributed by atoms with E-state index in [4.69, 9.17) is 5.26 Å². The number of pyridine rings is 1. The fourth-order valence-electron chi connectivity index (χ4n) is 2.08. The molecule has 0 saturated carbocycles. The van der Waals surface area contributed by atoms with Gasteiger partial charge in [-0.25, -0.2) is 9.97 Å². The molecule has 0 aliphatic heterocycles. The van der Waals surface area contributed by atoms with Crippen LogP contribution in [-0.2, 0) is 6.54 Å². The predicted molar refractivity (Wildman–Crippen MR) is 75.8 cm³/mol. The molecule has 0 amide bonds. The van der Waals surface area contributed by atoms with Gasteiger partial charge in [0.1, 0.15) is 5.52 Å². The van der Waals surface area contributed by atoms with Crippen molar-refractivity contribution in [2.24, 2.45) is 0 Å². The molecule has 0 aliphatic carbocycles. The largest absolute Gasteiger partial charge is 0.307 e. The minimum absolute atomic E-state index is 0.458. The highest BCUT2D eigenvalue weighted by Crippen LogP contribution is 2.27. The summed E-state index contributed by atoms with van der Waals surface area (Å²) in [6, 6.07) is 8.26. The molecule has 0 bridgehead atoms. The van der Waals surface area contributed by atoms with Crippen LogP contribution in [0.5, 0.6) is 0 Å². The van der Waals surface area contributed by atoms with E-state index < -0.39 is 0 Å². The Kier molecular flexibility index (Phi) is 3.02. The minimum Gasteiger partial charge on any atom is -0.307 e. The van der Waals surface area contributed by atoms with Crippen molar-refractivity contribution in [3.8, 4) is 16.8 Å². The molecule has 3 rings (SSSR count). The predicted octanol–water partition coefficient (Wildman–Crippen LogP) is 3.38. The number of hydrogen-bond donors (Lipinski definition) is 0. The third kappa shape index (κ3) is 2.11. The maximum atomic E-state index is 8.80. The Balaban J connectivity index is 2.22. The Morgan fingerprint density at radius 2 is 2.37 bits per heavy atom. The van der Waals surface area contributed by atoms with E-state index in [0.29, 0.717) is 13.0 Å². The molecule has 3 aromatic heterocycles. The summed E-state index contributed by atoms with van der Waals surface area (Å²) in [6.45, 7) is 2.63. The van der Waals surface area contributed by atoms with E-state index in [-0.39, 0.29) is 0 Å². The first-order valence-electron chi connectivity index (χ1n) is 6.03. The molecule has 5 heteroatoms. The number of thiophene rings is 1. The average molecular weight is 268 g/mol. The summed E-state index contributed by atoms with van der Waals surface area (Å²) < 4.78 is 2.03. The second-order valence-electron chi connectivity index (χ2n) is 4.33. The van der Waals surface area contributed by atoms with E-state index in [9.17, 15) is 0 Å². The van der Waals surface area contributed by atoms with E-state index in [1.54, 1.807) is 11.3 Å². The van der Waals surface area contributed by atoms with E-state index >= 15 is 0 Å². The first-order valence-corrected chi connectivity index (χ1v) is 6.91. The Hall–Kier alpha value is -2.19. The zero-order chi connectivity index (χ0) is 13.2. The van der Waals surface area contributed by atoms with E-state index in [2.05, 4.69) is 16.0 Å². The molecule has 0 saturated heterocycles. The van der Waals surface area contributed by atoms with Crippen molar-refractivity contribution in [3.05, 3.63) is 35.3 Å². The molecule has 3 heterocycles. The van der Waals surface area contributed by atoms with Crippen LogP contribution in [0.15, 0.2) is 29.8 Å². The highest BCUT2D eigenvalue weighted by atomic mass is 32.1. The van der Waals surface area contributed by atoms with Crippen LogP contribution >= 0.6 is 11.3 Å². The van der Waals surface area contributed by atoms with Crippen LogP contribution in [0.25, 0.3) is 21.9 Å². The first-order chi connectivity index (χ1) is 9.29. The molecule has 0 spiro atoms. The number of aromatic nitrogens is 3. The van der Waals surface area contributed by atoms with Gasteiger partial charge in [0.2, 0.25) is 0 Å². The molecule has 4 nitrogen and oxygen atoms in total. The summed E-state index contributed by atoms with van der Waals surface area (Å²) >= 11 is 1.65. The van der Waals surface area contributed by atoms with E-state index in [0.717, 1.165) is 27.4 Å². The van der Waals surface area contributed by atoms with Gasteiger partial charge in [-0.3, -0.25) is 0 Å². The number of nitriles is 1. The van der Waals surface area contributed by atoms with Crippen molar-refractivity contribution in [3.63, 3.8) is 0 Å². The van der Waals surface area contributed by atoms with Gasteiger partial charge in [-0.2, -0.15) is 5.26 Å². The van der Waals surface area contributed by atoms with Gasteiger partial charge in [-0.05, 0) is 30.0 Å². The lowest BCUT2D eigenvalue weighted by Gasteiger charge is -2.04. The standard InChI is InChI=1S/C14H12N4S/c1-10-8-11-13(16-9-10)18(6-3-5-15)14(17-11)12-4-2-7-19-12/h2,4,7-9H,3,6H2,1H3. The van der Waals surface area contributed by atoms with E-state index in [1.165, 1.54) is 0 Å². The second-order valence-corrected chi connectivity index (χ2v) is 5.28. The third-order valence-corrected chi connectivity index (χ3v) is 3.78. The number of fused-ring (bicyclic) bond motifs is 1. The average Bonchev–Trinajstić information content (AvgIpc) is 3.02. The maximum absolute atomic E-state index is 8.80. The van der Waals surface area contributed by atoms with E-state index in [1.807, 2.05) is 41.3 Å². The SMILES string of the molecule is Cc1cnc2c(c1)nc(-c1cccs1)n2CCC#N. The van der Waals surface area contributed by atoms with Gasteiger partial charge in [0.25, 0.3) is 0 Å². The molecule has 0 aliphatic rings. The lowest BCUT2D eigenvalue weighted by molar-refractivity contribution is 0.738. The molecular weight excluding hydrogens is 256 g/mol. The molecule has 0 N–H and O–H groups in total. The lowest BCUT2D eigenvalue weighted by atomic mass is 10.3. The highest BCUT2D eigenvalue weighted by Gasteiger charge is 2.14. The zero-order valence-corrected chi connectivity index (χ0v) is 11.3. The maximum Gasteiger partial charge on any atom is 0.160 e. The van der Waals surface area contributed by atoms with Crippen molar-refractivity contribution in [1.82, 2.24) is 14.5 Å². The summed E-state index contributed by atoms with van der Waals surface area (Å²) in [4.78, 5) is 10.2. The smallest absolute Gasteiger partial charge is 0.160 e. The topological polar surface area (TPSA) is 54.5 Å². The quantitative estimate of drug-likeness (QED) is 0.731. The fourth-order valence-corrected chi connectivity index (χ4v) is 2.80. The number of hydrogen-bond acceptors (Lipinski definition) is 4. The summed E-state index contributed by atoms with van der Waals surface area (Å²) in [5.74, 6) is 0.901. The first kappa shape index (κ1) is 11.9. The van der Waals surface area contributed by atoms with Crippen LogP contribution in [0.3, 0.4) is 0 Å². The Morgan fingerprint density at radius 3 is 3.11 bits per heavy atom. The Labute approximate surface area is 115 Å². The number of nitrogens with zero attached hydrogens (tertiary/aromatic N) is 4. The van der Waals surface area contributed by atoms with Gasteiger partial charge in [0.15, 0.2) is 11.5 Å². The summed E-state index contributed by atoms with van der Waals surface area (Å²) in [7, 11) is 0. The summed E-state index contributed by atoms with van der Waals surface area (Å²) in [5.41, 5.74) is 2.83. The summed E-state index contributed by atoms with van der Waals surface area (Å²) in [6.07, 6.45) is 2.30. The molecule has 19 heavy (non-hydrogen) atoms.